The molecular formula is C19H20N2O3. The van der Waals surface area contributed by atoms with Gasteiger partial charge in [0.2, 0.25) is 5.91 Å². The summed E-state index contributed by atoms with van der Waals surface area (Å²) in [7, 11) is 1.77. The summed E-state index contributed by atoms with van der Waals surface area (Å²) in [4.78, 5) is 27.8. The first-order valence-electron chi connectivity index (χ1n) is 7.87. The molecule has 2 aromatic rings. The van der Waals surface area contributed by atoms with Gasteiger partial charge in [-0.15, -0.1) is 0 Å². The highest BCUT2D eigenvalue weighted by atomic mass is 16.5. The zero-order valence-electron chi connectivity index (χ0n) is 13.9. The van der Waals surface area contributed by atoms with E-state index < -0.39 is 0 Å². The molecule has 24 heavy (non-hydrogen) atoms. The van der Waals surface area contributed by atoms with Crippen LogP contribution in [0.3, 0.4) is 0 Å². The van der Waals surface area contributed by atoms with Crippen molar-refractivity contribution in [3.63, 3.8) is 0 Å². The van der Waals surface area contributed by atoms with E-state index in [2.05, 4.69) is 0 Å². The van der Waals surface area contributed by atoms with Crippen LogP contribution in [-0.4, -0.2) is 36.9 Å². The third-order valence-corrected chi connectivity index (χ3v) is 4.01. The SMILES string of the molecule is Cc1ccc2c(c1)OC(=O)CN2CC(=O)N(C)Cc1ccccc1. The van der Waals surface area contributed by atoms with Crippen LogP contribution in [0.5, 0.6) is 5.75 Å². The number of hydrogen-bond acceptors (Lipinski definition) is 4. The number of likely N-dealkylation sites (N-methyl/N-ethyl adjacent to an activating group) is 1. The molecule has 5 heteroatoms. The van der Waals surface area contributed by atoms with Crippen LogP contribution in [0.4, 0.5) is 5.69 Å². The molecule has 0 fully saturated rings. The topological polar surface area (TPSA) is 49.9 Å². The summed E-state index contributed by atoms with van der Waals surface area (Å²) in [6.07, 6.45) is 0. The third kappa shape index (κ3) is 3.56. The molecule has 0 saturated heterocycles. The molecule has 124 valence electrons. The Morgan fingerprint density at radius 1 is 1.21 bits per heavy atom. The number of amides is 1. The van der Waals surface area contributed by atoms with Gasteiger partial charge in [0.1, 0.15) is 6.54 Å². The lowest BCUT2D eigenvalue weighted by Gasteiger charge is -2.31. The predicted octanol–water partition coefficient (Wildman–Crippen LogP) is 2.38. The number of aryl methyl sites for hydroxylation is 1. The molecule has 1 heterocycles. The first-order valence-corrected chi connectivity index (χ1v) is 7.87. The van der Waals surface area contributed by atoms with Crippen molar-refractivity contribution in [1.29, 1.82) is 0 Å². The Morgan fingerprint density at radius 3 is 2.71 bits per heavy atom. The van der Waals surface area contributed by atoms with Gasteiger partial charge >= 0.3 is 5.97 Å². The summed E-state index contributed by atoms with van der Waals surface area (Å²) >= 11 is 0. The minimum absolute atomic E-state index is 0.0416. The Hall–Kier alpha value is -2.82. The number of fused-ring (bicyclic) bond motifs is 1. The number of carbonyl (C=O) groups excluding carboxylic acids is 2. The summed E-state index contributed by atoms with van der Waals surface area (Å²) in [5.41, 5.74) is 2.86. The molecule has 1 aliphatic rings. The first kappa shape index (κ1) is 16.1. The van der Waals surface area contributed by atoms with Gasteiger partial charge in [0.25, 0.3) is 0 Å². The molecule has 2 aromatic carbocycles. The van der Waals surface area contributed by atoms with E-state index in [-0.39, 0.29) is 25.0 Å². The summed E-state index contributed by atoms with van der Waals surface area (Å²) in [5.74, 6) is 0.136. The predicted molar refractivity (Wildman–Crippen MR) is 91.9 cm³/mol. The quantitative estimate of drug-likeness (QED) is 0.640. The van der Waals surface area contributed by atoms with E-state index in [1.165, 1.54) is 0 Å². The Labute approximate surface area is 141 Å². The summed E-state index contributed by atoms with van der Waals surface area (Å²) in [5, 5.41) is 0. The summed E-state index contributed by atoms with van der Waals surface area (Å²) in [6, 6.07) is 15.5. The van der Waals surface area contributed by atoms with Crippen LogP contribution in [-0.2, 0) is 16.1 Å². The maximum Gasteiger partial charge on any atom is 0.331 e. The van der Waals surface area contributed by atoms with Gasteiger partial charge in [-0.3, -0.25) is 4.79 Å². The Kier molecular flexibility index (Phi) is 4.51. The highest BCUT2D eigenvalue weighted by Crippen LogP contribution is 2.32. The van der Waals surface area contributed by atoms with E-state index in [0.29, 0.717) is 12.3 Å². The zero-order valence-corrected chi connectivity index (χ0v) is 13.9. The highest BCUT2D eigenvalue weighted by molar-refractivity contribution is 5.89. The normalized spacial score (nSPS) is 13.2. The fourth-order valence-electron chi connectivity index (χ4n) is 2.73. The summed E-state index contributed by atoms with van der Waals surface area (Å²) in [6.45, 7) is 2.71. The van der Waals surface area contributed by atoms with Crippen molar-refractivity contribution in [3.8, 4) is 5.75 Å². The minimum atomic E-state index is -0.341. The van der Waals surface area contributed by atoms with E-state index in [0.717, 1.165) is 16.8 Å². The smallest absolute Gasteiger partial charge is 0.331 e. The van der Waals surface area contributed by atoms with Gasteiger partial charge in [-0.05, 0) is 30.2 Å². The fraction of sp³-hybridized carbons (Fsp3) is 0.263. The molecule has 3 rings (SSSR count). The number of rotatable bonds is 4. The Balaban J connectivity index is 1.71. The van der Waals surface area contributed by atoms with Crippen LogP contribution in [0, 0.1) is 6.92 Å². The largest absolute Gasteiger partial charge is 0.423 e. The second kappa shape index (κ2) is 6.74. The van der Waals surface area contributed by atoms with Gasteiger partial charge in [-0.2, -0.15) is 0 Å². The number of ether oxygens (including phenoxy) is 1. The lowest BCUT2D eigenvalue weighted by atomic mass is 10.1. The van der Waals surface area contributed by atoms with Gasteiger partial charge in [0.05, 0.1) is 12.2 Å². The molecule has 0 radical (unpaired) electrons. The number of esters is 1. The van der Waals surface area contributed by atoms with Gasteiger partial charge < -0.3 is 14.5 Å². The molecule has 1 aliphatic heterocycles. The lowest BCUT2D eigenvalue weighted by Crippen LogP contribution is -2.43. The highest BCUT2D eigenvalue weighted by Gasteiger charge is 2.26. The lowest BCUT2D eigenvalue weighted by molar-refractivity contribution is -0.133. The maximum absolute atomic E-state index is 12.5. The molecular weight excluding hydrogens is 304 g/mol. The second-order valence-electron chi connectivity index (χ2n) is 6.04. The van der Waals surface area contributed by atoms with Crippen LogP contribution in [0.15, 0.2) is 48.5 Å². The van der Waals surface area contributed by atoms with Crippen LogP contribution in [0.25, 0.3) is 0 Å². The van der Waals surface area contributed by atoms with Gasteiger partial charge in [-0.25, -0.2) is 4.79 Å². The standard InChI is InChI=1S/C19H20N2O3/c1-14-8-9-16-17(10-14)24-19(23)13-21(16)12-18(22)20(2)11-15-6-4-3-5-7-15/h3-10H,11-13H2,1-2H3. The van der Waals surface area contributed by atoms with Crippen molar-refractivity contribution in [1.82, 2.24) is 4.90 Å². The number of hydrogen-bond donors (Lipinski definition) is 0. The van der Waals surface area contributed by atoms with Crippen LogP contribution >= 0.6 is 0 Å². The molecule has 0 saturated carbocycles. The monoisotopic (exact) mass is 324 g/mol. The average Bonchev–Trinajstić information content (AvgIpc) is 2.55. The van der Waals surface area contributed by atoms with E-state index in [9.17, 15) is 9.59 Å². The fourth-order valence-corrected chi connectivity index (χ4v) is 2.73. The number of nitrogens with zero attached hydrogens (tertiary/aromatic N) is 2. The van der Waals surface area contributed by atoms with Crippen molar-refractivity contribution >= 4 is 17.6 Å². The molecule has 0 unspecified atom stereocenters. The molecule has 0 bridgehead atoms. The minimum Gasteiger partial charge on any atom is -0.423 e. The van der Waals surface area contributed by atoms with Crippen molar-refractivity contribution in [2.24, 2.45) is 0 Å². The first-order chi connectivity index (χ1) is 11.5. The van der Waals surface area contributed by atoms with Crippen molar-refractivity contribution in [2.45, 2.75) is 13.5 Å². The van der Waals surface area contributed by atoms with Crippen LogP contribution in [0.2, 0.25) is 0 Å². The van der Waals surface area contributed by atoms with Gasteiger partial charge in [0.15, 0.2) is 5.75 Å². The van der Waals surface area contributed by atoms with Gasteiger partial charge in [0, 0.05) is 13.6 Å². The molecule has 0 N–H and O–H groups in total. The van der Waals surface area contributed by atoms with Crippen LogP contribution in [0.1, 0.15) is 11.1 Å². The van der Waals surface area contributed by atoms with E-state index in [1.54, 1.807) is 16.8 Å². The number of benzene rings is 2. The second-order valence-corrected chi connectivity index (χ2v) is 6.04. The third-order valence-electron chi connectivity index (χ3n) is 4.01. The van der Waals surface area contributed by atoms with E-state index in [4.69, 9.17) is 4.74 Å². The molecule has 1 amide bonds. The molecule has 5 nitrogen and oxygen atoms in total. The van der Waals surface area contributed by atoms with Crippen molar-refractivity contribution in [3.05, 3.63) is 59.7 Å². The maximum atomic E-state index is 12.5. The van der Waals surface area contributed by atoms with E-state index >= 15 is 0 Å². The number of carbonyl (C=O) groups is 2. The van der Waals surface area contributed by atoms with E-state index in [1.807, 2.05) is 55.5 Å². The van der Waals surface area contributed by atoms with Crippen molar-refractivity contribution < 1.29 is 14.3 Å². The molecule has 0 aliphatic carbocycles. The van der Waals surface area contributed by atoms with Gasteiger partial charge in [-0.1, -0.05) is 36.4 Å². The molecule has 0 aromatic heterocycles. The molecule has 0 atom stereocenters. The van der Waals surface area contributed by atoms with Crippen LogP contribution < -0.4 is 9.64 Å². The Morgan fingerprint density at radius 2 is 1.96 bits per heavy atom. The van der Waals surface area contributed by atoms with Crippen molar-refractivity contribution in [2.75, 3.05) is 25.0 Å². The Bertz CT molecular complexity index is 758. The average molecular weight is 324 g/mol. The number of anilines is 1. The summed E-state index contributed by atoms with van der Waals surface area (Å²) < 4.78 is 5.28. The zero-order chi connectivity index (χ0) is 17.1. The molecule has 0 spiro atoms.